The minimum atomic E-state index is -4.47. The van der Waals surface area contributed by atoms with E-state index in [4.69, 9.17) is 10.5 Å². The van der Waals surface area contributed by atoms with Crippen LogP contribution in [-0.4, -0.2) is 43.4 Å². The van der Waals surface area contributed by atoms with Crippen molar-refractivity contribution in [2.75, 3.05) is 12.8 Å². The number of aryl methyl sites for hydroxylation is 3. The largest absolute Gasteiger partial charge is 0.464 e. The van der Waals surface area contributed by atoms with E-state index in [0.29, 0.717) is 21.6 Å². The standard InChI is InChI=1S/C17H17F3N6O3/c1-8-6-10(7-9(2)22-8)11-12(14(27)29-3)23-15(21)26-13(11)24-25(16(26)28)5-4-17(18,19)20/h6-7H,4-5H2,1-3H3,(H2,21,23). The summed E-state index contributed by atoms with van der Waals surface area (Å²) in [7, 11) is 1.14. The van der Waals surface area contributed by atoms with Gasteiger partial charge < -0.3 is 10.5 Å². The number of carbonyl (C=O) groups is 1. The number of halogens is 3. The summed E-state index contributed by atoms with van der Waals surface area (Å²) in [6.07, 6.45) is -5.73. The molecule has 154 valence electrons. The maximum Gasteiger partial charge on any atom is 0.390 e. The van der Waals surface area contributed by atoms with Gasteiger partial charge in [0, 0.05) is 11.4 Å². The highest BCUT2D eigenvalue weighted by molar-refractivity contribution is 5.99. The number of esters is 1. The van der Waals surface area contributed by atoms with Crippen LogP contribution in [-0.2, 0) is 11.3 Å². The van der Waals surface area contributed by atoms with Gasteiger partial charge in [0.25, 0.3) is 0 Å². The Morgan fingerprint density at radius 3 is 2.38 bits per heavy atom. The van der Waals surface area contributed by atoms with Crippen molar-refractivity contribution in [3.05, 3.63) is 39.7 Å². The molecule has 0 radical (unpaired) electrons. The van der Waals surface area contributed by atoms with Gasteiger partial charge >= 0.3 is 17.8 Å². The van der Waals surface area contributed by atoms with Crippen molar-refractivity contribution in [2.45, 2.75) is 33.0 Å². The zero-order chi connectivity index (χ0) is 21.5. The zero-order valence-electron chi connectivity index (χ0n) is 15.7. The quantitative estimate of drug-likeness (QED) is 0.653. The predicted octanol–water partition coefficient (Wildman–Crippen LogP) is 1.89. The topological polar surface area (TPSA) is 117 Å². The third kappa shape index (κ3) is 3.91. The van der Waals surface area contributed by atoms with Crippen molar-refractivity contribution in [3.63, 3.8) is 0 Å². The average molecular weight is 410 g/mol. The van der Waals surface area contributed by atoms with Crippen molar-refractivity contribution < 1.29 is 22.7 Å². The lowest BCUT2D eigenvalue weighted by molar-refractivity contribution is -0.137. The normalized spacial score (nSPS) is 11.8. The first-order valence-electron chi connectivity index (χ1n) is 8.41. The van der Waals surface area contributed by atoms with E-state index in [-0.39, 0.29) is 16.9 Å². The number of aromatic nitrogens is 5. The number of anilines is 1. The Labute approximate surface area is 161 Å². The molecular formula is C17H17F3N6O3. The first-order valence-corrected chi connectivity index (χ1v) is 8.41. The van der Waals surface area contributed by atoms with Gasteiger partial charge in [-0.2, -0.15) is 13.2 Å². The van der Waals surface area contributed by atoms with Gasteiger partial charge in [0.1, 0.15) is 0 Å². The first-order chi connectivity index (χ1) is 13.5. The number of carbonyl (C=O) groups excluding carboxylic acids is 1. The summed E-state index contributed by atoms with van der Waals surface area (Å²) in [4.78, 5) is 33.1. The summed E-state index contributed by atoms with van der Waals surface area (Å²) in [5.74, 6) is -1.23. The number of rotatable bonds is 4. The molecule has 0 aliphatic rings. The van der Waals surface area contributed by atoms with E-state index in [1.54, 1.807) is 26.0 Å². The highest BCUT2D eigenvalue weighted by Crippen LogP contribution is 2.29. The highest BCUT2D eigenvalue weighted by atomic mass is 19.4. The number of pyridine rings is 1. The molecule has 0 unspecified atom stereocenters. The molecule has 0 bridgehead atoms. The number of fused-ring (bicyclic) bond motifs is 1. The fourth-order valence-corrected chi connectivity index (χ4v) is 2.97. The molecule has 0 saturated carbocycles. The lowest BCUT2D eigenvalue weighted by Gasteiger charge is -2.11. The number of nitrogens with zero attached hydrogens (tertiary/aromatic N) is 5. The van der Waals surface area contributed by atoms with Crippen LogP contribution in [0.15, 0.2) is 16.9 Å². The van der Waals surface area contributed by atoms with E-state index in [0.717, 1.165) is 11.5 Å². The number of ether oxygens (including phenoxy) is 1. The van der Waals surface area contributed by atoms with E-state index >= 15 is 0 Å². The molecule has 2 N–H and O–H groups in total. The summed E-state index contributed by atoms with van der Waals surface area (Å²) >= 11 is 0. The Morgan fingerprint density at radius 1 is 1.21 bits per heavy atom. The molecule has 0 aliphatic heterocycles. The molecule has 0 aliphatic carbocycles. The van der Waals surface area contributed by atoms with Crippen LogP contribution in [0.2, 0.25) is 0 Å². The number of hydrogen-bond donors (Lipinski definition) is 1. The number of nitrogens with two attached hydrogens (primary N) is 1. The lowest BCUT2D eigenvalue weighted by Crippen LogP contribution is -2.25. The van der Waals surface area contributed by atoms with E-state index in [1.165, 1.54) is 0 Å². The summed E-state index contributed by atoms with van der Waals surface area (Å²) < 4.78 is 44.1. The van der Waals surface area contributed by atoms with Gasteiger partial charge in [-0.05, 0) is 31.5 Å². The Morgan fingerprint density at radius 2 is 1.83 bits per heavy atom. The Kier molecular flexibility index (Phi) is 5.03. The van der Waals surface area contributed by atoms with Gasteiger partial charge in [0.15, 0.2) is 11.3 Å². The Balaban J connectivity index is 2.35. The predicted molar refractivity (Wildman–Crippen MR) is 96.4 cm³/mol. The van der Waals surface area contributed by atoms with E-state index in [9.17, 15) is 22.8 Å². The van der Waals surface area contributed by atoms with Crippen LogP contribution in [0, 0.1) is 13.8 Å². The van der Waals surface area contributed by atoms with Crippen LogP contribution >= 0.6 is 0 Å². The van der Waals surface area contributed by atoms with Crippen LogP contribution in [0.3, 0.4) is 0 Å². The maximum atomic E-state index is 12.6. The number of hydrogen-bond acceptors (Lipinski definition) is 7. The summed E-state index contributed by atoms with van der Waals surface area (Å²) in [5, 5.41) is 4.01. The number of methoxy groups -OCH3 is 1. The minimum Gasteiger partial charge on any atom is -0.464 e. The van der Waals surface area contributed by atoms with E-state index < -0.39 is 36.7 Å². The van der Waals surface area contributed by atoms with Gasteiger partial charge in [0.2, 0.25) is 5.95 Å². The summed E-state index contributed by atoms with van der Waals surface area (Å²) in [6.45, 7) is 2.75. The fourth-order valence-electron chi connectivity index (χ4n) is 2.97. The van der Waals surface area contributed by atoms with Crippen LogP contribution in [0.4, 0.5) is 19.1 Å². The molecular weight excluding hydrogens is 393 g/mol. The molecule has 0 amide bonds. The molecule has 29 heavy (non-hydrogen) atoms. The monoisotopic (exact) mass is 410 g/mol. The molecule has 0 atom stereocenters. The van der Waals surface area contributed by atoms with Crippen LogP contribution in [0.1, 0.15) is 28.3 Å². The van der Waals surface area contributed by atoms with Crippen molar-refractivity contribution in [1.29, 1.82) is 0 Å². The fraction of sp³-hybridized carbons (Fsp3) is 0.353. The first kappa shape index (κ1) is 20.3. The third-order valence-electron chi connectivity index (χ3n) is 4.11. The number of nitrogen functional groups attached to an aromatic ring is 1. The second-order valence-corrected chi connectivity index (χ2v) is 6.35. The van der Waals surface area contributed by atoms with Gasteiger partial charge in [-0.15, -0.1) is 5.10 Å². The lowest BCUT2D eigenvalue weighted by atomic mass is 10.0. The second kappa shape index (κ2) is 7.18. The maximum absolute atomic E-state index is 12.6. The molecule has 0 saturated heterocycles. The summed E-state index contributed by atoms with van der Waals surface area (Å²) in [6, 6.07) is 3.26. The molecule has 9 nitrogen and oxygen atoms in total. The third-order valence-corrected chi connectivity index (χ3v) is 4.11. The number of alkyl halides is 3. The Hall–Kier alpha value is -3.44. The van der Waals surface area contributed by atoms with Crippen molar-refractivity contribution in [1.82, 2.24) is 24.1 Å². The average Bonchev–Trinajstić information content (AvgIpc) is 2.94. The van der Waals surface area contributed by atoms with Gasteiger partial charge in [-0.1, -0.05) is 0 Å². The van der Waals surface area contributed by atoms with Gasteiger partial charge in [-0.25, -0.2) is 23.7 Å². The van der Waals surface area contributed by atoms with Crippen molar-refractivity contribution >= 4 is 17.6 Å². The molecule has 3 heterocycles. The molecule has 3 aromatic heterocycles. The van der Waals surface area contributed by atoms with Crippen LogP contribution in [0.25, 0.3) is 16.8 Å². The molecule has 3 aromatic rings. The SMILES string of the molecule is COC(=O)c1nc(N)n2c(=O)n(CCC(F)(F)F)nc2c1-c1cc(C)nc(C)c1. The van der Waals surface area contributed by atoms with Crippen molar-refractivity contribution in [2.24, 2.45) is 0 Å². The van der Waals surface area contributed by atoms with Gasteiger partial charge in [0.05, 0.1) is 25.6 Å². The molecule has 12 heteroatoms. The molecule has 0 aromatic carbocycles. The van der Waals surface area contributed by atoms with E-state index in [2.05, 4.69) is 15.1 Å². The highest BCUT2D eigenvalue weighted by Gasteiger charge is 2.29. The molecule has 0 fully saturated rings. The smallest absolute Gasteiger partial charge is 0.390 e. The molecule has 3 rings (SSSR count). The van der Waals surface area contributed by atoms with E-state index in [1.807, 2.05) is 0 Å². The van der Waals surface area contributed by atoms with Crippen LogP contribution < -0.4 is 11.4 Å². The second-order valence-electron chi connectivity index (χ2n) is 6.35. The Bertz CT molecular complexity index is 1150. The summed E-state index contributed by atoms with van der Waals surface area (Å²) in [5.41, 5.74) is 6.39. The van der Waals surface area contributed by atoms with Crippen molar-refractivity contribution in [3.8, 4) is 11.1 Å². The minimum absolute atomic E-state index is 0.102. The van der Waals surface area contributed by atoms with Crippen LogP contribution in [0.5, 0.6) is 0 Å². The van der Waals surface area contributed by atoms with Gasteiger partial charge in [-0.3, -0.25) is 4.98 Å². The zero-order valence-corrected chi connectivity index (χ0v) is 15.7. The molecule has 0 spiro atoms.